The van der Waals surface area contributed by atoms with Gasteiger partial charge in [-0.1, -0.05) is 12.1 Å². The second-order valence-electron chi connectivity index (χ2n) is 5.38. The molecule has 1 aliphatic rings. The summed E-state index contributed by atoms with van der Waals surface area (Å²) < 4.78 is 7.76. The summed E-state index contributed by atoms with van der Waals surface area (Å²) in [6.07, 6.45) is 2.84. The van der Waals surface area contributed by atoms with E-state index in [1.54, 1.807) is 6.33 Å². The first-order valence-electron chi connectivity index (χ1n) is 6.98. The number of ether oxygens (including phenoxy) is 1. The number of rotatable bonds is 4. The molecule has 1 N–H and O–H groups in total. The molecule has 0 aliphatic heterocycles. The molecule has 0 bridgehead atoms. The molecule has 0 spiro atoms. The van der Waals surface area contributed by atoms with E-state index in [4.69, 9.17) is 4.74 Å². The Bertz CT molecular complexity index is 607. The molecule has 0 radical (unpaired) electrons. The van der Waals surface area contributed by atoms with Crippen LogP contribution >= 0.6 is 0 Å². The number of hydrogen-bond donors (Lipinski definition) is 1. The first kappa shape index (κ1) is 13.1. The lowest BCUT2D eigenvalue weighted by molar-refractivity contribution is 0.180. The van der Waals surface area contributed by atoms with Gasteiger partial charge in [0.1, 0.15) is 18.7 Å². The van der Waals surface area contributed by atoms with Crippen molar-refractivity contribution in [2.45, 2.75) is 45.4 Å². The molecule has 0 fully saturated rings. The van der Waals surface area contributed by atoms with Crippen LogP contribution in [0.4, 0.5) is 0 Å². The van der Waals surface area contributed by atoms with Crippen molar-refractivity contribution in [3.8, 4) is 5.75 Å². The number of hydrogen-bond acceptors (Lipinski definition) is 4. The zero-order valence-electron chi connectivity index (χ0n) is 11.8. The molecular weight excluding hydrogens is 254 g/mol. The average Bonchev–Trinajstić information content (AvgIpc) is 3.04. The minimum absolute atomic E-state index is 0.263. The molecule has 0 saturated carbocycles. The Morgan fingerprint density at radius 2 is 2.30 bits per heavy atom. The van der Waals surface area contributed by atoms with Gasteiger partial charge < -0.3 is 9.84 Å². The molecular formula is C15H19N3O2. The van der Waals surface area contributed by atoms with Gasteiger partial charge in [-0.15, -0.1) is 0 Å². The Morgan fingerprint density at radius 1 is 1.45 bits per heavy atom. The fourth-order valence-corrected chi connectivity index (χ4v) is 2.69. The maximum Gasteiger partial charge on any atom is 0.165 e. The molecule has 5 nitrogen and oxygen atoms in total. The number of aromatic nitrogens is 3. The summed E-state index contributed by atoms with van der Waals surface area (Å²) >= 11 is 0. The van der Waals surface area contributed by atoms with Crippen LogP contribution in [0.25, 0.3) is 0 Å². The van der Waals surface area contributed by atoms with Crippen LogP contribution in [0.15, 0.2) is 24.5 Å². The fraction of sp³-hybridized carbons (Fsp3) is 0.467. The van der Waals surface area contributed by atoms with Crippen LogP contribution in [-0.4, -0.2) is 19.9 Å². The van der Waals surface area contributed by atoms with Crippen LogP contribution in [0, 0.1) is 0 Å². The van der Waals surface area contributed by atoms with E-state index in [0.29, 0.717) is 6.61 Å². The maximum atomic E-state index is 9.89. The van der Waals surface area contributed by atoms with Crippen LogP contribution in [-0.2, 0) is 13.0 Å². The van der Waals surface area contributed by atoms with Crippen LogP contribution in [0.2, 0.25) is 0 Å². The van der Waals surface area contributed by atoms with Gasteiger partial charge in [-0.2, -0.15) is 5.10 Å². The Balaban J connectivity index is 1.78. The zero-order chi connectivity index (χ0) is 14.1. The monoisotopic (exact) mass is 273 g/mol. The summed E-state index contributed by atoms with van der Waals surface area (Å²) in [5.74, 6) is 1.66. The molecule has 1 aromatic carbocycles. The predicted molar refractivity (Wildman–Crippen MR) is 74.5 cm³/mol. The van der Waals surface area contributed by atoms with E-state index in [-0.39, 0.29) is 12.1 Å². The lowest BCUT2D eigenvalue weighted by Crippen LogP contribution is -2.11. The quantitative estimate of drug-likeness (QED) is 0.929. The molecule has 0 saturated heterocycles. The molecule has 20 heavy (non-hydrogen) atoms. The summed E-state index contributed by atoms with van der Waals surface area (Å²) in [6.45, 7) is 4.52. The first-order valence-corrected chi connectivity index (χ1v) is 6.98. The maximum absolute atomic E-state index is 9.89. The van der Waals surface area contributed by atoms with Gasteiger partial charge in [0.2, 0.25) is 0 Å². The molecule has 5 heteroatoms. The molecule has 106 valence electrons. The minimum atomic E-state index is -0.354. The van der Waals surface area contributed by atoms with Gasteiger partial charge in [0, 0.05) is 11.6 Å². The number of aliphatic hydroxyl groups excluding tert-OH is 1. The van der Waals surface area contributed by atoms with E-state index in [9.17, 15) is 5.11 Å². The van der Waals surface area contributed by atoms with Gasteiger partial charge in [0.25, 0.3) is 0 Å². The van der Waals surface area contributed by atoms with Crippen molar-refractivity contribution in [2.75, 3.05) is 0 Å². The number of aliphatic hydroxyl groups is 1. The van der Waals surface area contributed by atoms with E-state index in [2.05, 4.69) is 23.9 Å². The molecule has 2 aromatic rings. The normalized spacial score (nSPS) is 17.5. The highest BCUT2D eigenvalue weighted by atomic mass is 16.5. The third-order valence-electron chi connectivity index (χ3n) is 3.69. The van der Waals surface area contributed by atoms with Crippen molar-refractivity contribution in [3.63, 3.8) is 0 Å². The van der Waals surface area contributed by atoms with Crippen molar-refractivity contribution in [2.24, 2.45) is 0 Å². The predicted octanol–water partition coefficient (Wildman–Crippen LogP) is 2.42. The Labute approximate surface area is 118 Å². The smallest absolute Gasteiger partial charge is 0.165 e. The second kappa shape index (κ2) is 5.25. The summed E-state index contributed by atoms with van der Waals surface area (Å²) in [6, 6.07) is 6.11. The van der Waals surface area contributed by atoms with Gasteiger partial charge >= 0.3 is 0 Å². The number of fused-ring (bicyclic) bond motifs is 1. The summed E-state index contributed by atoms with van der Waals surface area (Å²) in [4.78, 5) is 4.24. The van der Waals surface area contributed by atoms with Crippen LogP contribution in [0.5, 0.6) is 5.75 Å². The first-order chi connectivity index (χ1) is 9.66. The lowest BCUT2D eigenvalue weighted by Gasteiger charge is -2.13. The summed E-state index contributed by atoms with van der Waals surface area (Å²) in [7, 11) is 0. The van der Waals surface area contributed by atoms with E-state index in [1.165, 1.54) is 0 Å². The third-order valence-corrected chi connectivity index (χ3v) is 3.69. The molecule has 0 amide bonds. The van der Waals surface area contributed by atoms with E-state index in [1.807, 2.05) is 22.9 Å². The van der Waals surface area contributed by atoms with Crippen molar-refractivity contribution in [1.82, 2.24) is 14.8 Å². The highest BCUT2D eigenvalue weighted by molar-refractivity contribution is 5.44. The van der Waals surface area contributed by atoms with E-state index < -0.39 is 0 Å². The summed E-state index contributed by atoms with van der Waals surface area (Å²) in [5, 5.41) is 14.1. The van der Waals surface area contributed by atoms with Crippen molar-refractivity contribution >= 4 is 0 Å². The molecule has 1 atom stereocenters. The van der Waals surface area contributed by atoms with Crippen LogP contribution in [0.1, 0.15) is 49.4 Å². The molecule has 1 aliphatic carbocycles. The second-order valence-corrected chi connectivity index (χ2v) is 5.38. The third kappa shape index (κ3) is 2.29. The van der Waals surface area contributed by atoms with E-state index in [0.717, 1.165) is 35.5 Å². The molecule has 1 aromatic heterocycles. The average molecular weight is 273 g/mol. The Kier molecular flexibility index (Phi) is 3.44. The van der Waals surface area contributed by atoms with Crippen LogP contribution in [0.3, 0.4) is 0 Å². The number of benzene rings is 1. The van der Waals surface area contributed by atoms with Crippen molar-refractivity contribution in [1.29, 1.82) is 0 Å². The van der Waals surface area contributed by atoms with Crippen molar-refractivity contribution in [3.05, 3.63) is 41.5 Å². The highest BCUT2D eigenvalue weighted by Crippen LogP contribution is 2.36. The van der Waals surface area contributed by atoms with Crippen molar-refractivity contribution < 1.29 is 9.84 Å². The fourth-order valence-electron chi connectivity index (χ4n) is 2.69. The minimum Gasteiger partial charge on any atom is -0.485 e. The largest absolute Gasteiger partial charge is 0.485 e. The topological polar surface area (TPSA) is 60.2 Å². The van der Waals surface area contributed by atoms with Gasteiger partial charge in [-0.05, 0) is 38.3 Å². The highest BCUT2D eigenvalue weighted by Gasteiger charge is 2.23. The van der Waals surface area contributed by atoms with Crippen LogP contribution < -0.4 is 4.74 Å². The standard InChI is InChI=1S/C15H19N3O2/c1-10(2)18-15(16-9-17-18)8-20-14-5-3-4-11-12(14)6-7-13(11)19/h3-5,9-10,13,19H,6-8H2,1-2H3. The van der Waals surface area contributed by atoms with Gasteiger partial charge in [-0.25, -0.2) is 9.67 Å². The van der Waals surface area contributed by atoms with Gasteiger partial charge in [0.05, 0.1) is 6.10 Å². The van der Waals surface area contributed by atoms with Gasteiger partial charge in [-0.3, -0.25) is 0 Å². The Morgan fingerprint density at radius 3 is 3.10 bits per heavy atom. The summed E-state index contributed by atoms with van der Waals surface area (Å²) in [5.41, 5.74) is 2.11. The molecule has 1 heterocycles. The van der Waals surface area contributed by atoms with E-state index >= 15 is 0 Å². The number of nitrogens with zero attached hydrogens (tertiary/aromatic N) is 3. The SMILES string of the molecule is CC(C)n1ncnc1COc1cccc2c1CCC2O. The lowest BCUT2D eigenvalue weighted by atomic mass is 10.1. The van der Waals surface area contributed by atoms with Gasteiger partial charge in [0.15, 0.2) is 5.82 Å². The molecule has 1 unspecified atom stereocenters. The Hall–Kier alpha value is -1.88. The zero-order valence-corrected chi connectivity index (χ0v) is 11.8. The molecule has 3 rings (SSSR count).